The Bertz CT molecular complexity index is 1340. The van der Waals surface area contributed by atoms with Crippen molar-refractivity contribution < 1.29 is 14.0 Å². The highest BCUT2D eigenvalue weighted by molar-refractivity contribution is 8.04. The zero-order chi connectivity index (χ0) is 24.5. The molecular weight excluding hydrogens is 485 g/mol. The van der Waals surface area contributed by atoms with E-state index in [1.165, 1.54) is 17.8 Å². The second-order valence-electron chi connectivity index (χ2n) is 8.41. The lowest BCUT2D eigenvalue weighted by Gasteiger charge is -2.36. The molecule has 5 nitrogen and oxygen atoms in total. The Labute approximate surface area is 212 Å². The number of amides is 2. The summed E-state index contributed by atoms with van der Waals surface area (Å²) >= 11 is 7.64. The average Bonchev–Trinajstić information content (AvgIpc) is 2.88. The molecule has 2 amide bonds. The van der Waals surface area contributed by atoms with Crippen molar-refractivity contribution >= 4 is 52.6 Å². The molecule has 0 bridgehead atoms. The van der Waals surface area contributed by atoms with Gasteiger partial charge in [-0.25, -0.2) is 4.39 Å². The number of fused-ring (bicyclic) bond motifs is 1. The number of hydrogen-bond donors (Lipinski definition) is 0. The molecular formula is C27H23ClFN3O2S. The predicted molar refractivity (Wildman–Crippen MR) is 140 cm³/mol. The van der Waals surface area contributed by atoms with E-state index in [-0.39, 0.29) is 17.6 Å². The van der Waals surface area contributed by atoms with Crippen molar-refractivity contribution in [1.29, 1.82) is 0 Å². The van der Waals surface area contributed by atoms with Gasteiger partial charge in [-0.15, -0.1) is 0 Å². The molecule has 0 aromatic heterocycles. The highest BCUT2D eigenvalue weighted by Gasteiger charge is 2.29. The molecule has 0 unspecified atom stereocenters. The third-order valence-corrected chi connectivity index (χ3v) is 7.68. The number of likely N-dealkylation sites (N-methyl/N-ethyl adjacent to an activating group) is 1. The van der Waals surface area contributed by atoms with Crippen LogP contribution in [0.15, 0.2) is 76.5 Å². The Morgan fingerprint density at radius 1 is 0.971 bits per heavy atom. The van der Waals surface area contributed by atoms with E-state index in [0.29, 0.717) is 53.0 Å². The first-order valence-electron chi connectivity index (χ1n) is 11.3. The molecule has 178 valence electrons. The molecule has 3 aromatic carbocycles. The summed E-state index contributed by atoms with van der Waals surface area (Å²) in [6, 6.07) is 19.5. The Morgan fingerprint density at radius 3 is 2.43 bits per heavy atom. The monoisotopic (exact) mass is 507 g/mol. The Balaban J connectivity index is 1.32. The van der Waals surface area contributed by atoms with E-state index in [1.54, 1.807) is 53.3 Å². The van der Waals surface area contributed by atoms with Gasteiger partial charge in [-0.3, -0.25) is 9.59 Å². The molecule has 1 fully saturated rings. The minimum absolute atomic E-state index is 0.0933. The number of hydrogen-bond acceptors (Lipinski definition) is 4. The van der Waals surface area contributed by atoms with Crippen LogP contribution >= 0.6 is 23.4 Å². The number of carbonyl (C=O) groups is 2. The fourth-order valence-electron chi connectivity index (χ4n) is 4.30. The van der Waals surface area contributed by atoms with Crippen molar-refractivity contribution in [2.75, 3.05) is 43.0 Å². The van der Waals surface area contributed by atoms with Gasteiger partial charge in [0.15, 0.2) is 0 Å². The van der Waals surface area contributed by atoms with E-state index >= 15 is 0 Å². The highest BCUT2D eigenvalue weighted by atomic mass is 35.5. The van der Waals surface area contributed by atoms with Gasteiger partial charge in [0.25, 0.3) is 11.8 Å². The summed E-state index contributed by atoms with van der Waals surface area (Å²) in [4.78, 5) is 33.0. The quantitative estimate of drug-likeness (QED) is 0.436. The summed E-state index contributed by atoms with van der Waals surface area (Å²) in [7, 11) is 1.71. The van der Waals surface area contributed by atoms with Crippen LogP contribution in [0.2, 0.25) is 5.02 Å². The van der Waals surface area contributed by atoms with Crippen LogP contribution in [0.4, 0.5) is 15.8 Å². The zero-order valence-corrected chi connectivity index (χ0v) is 20.7. The number of nitrogens with zero attached hydrogens (tertiary/aromatic N) is 3. The average molecular weight is 508 g/mol. The predicted octanol–water partition coefficient (Wildman–Crippen LogP) is 5.55. The smallest absolute Gasteiger partial charge is 0.264 e. The molecule has 8 heteroatoms. The molecule has 0 radical (unpaired) electrons. The summed E-state index contributed by atoms with van der Waals surface area (Å²) in [6.45, 7) is 2.11. The van der Waals surface area contributed by atoms with E-state index in [9.17, 15) is 14.0 Å². The number of anilines is 2. The maximum atomic E-state index is 14.1. The maximum Gasteiger partial charge on any atom is 0.264 e. The molecule has 1 saturated heterocycles. The molecule has 0 N–H and O–H groups in total. The number of benzene rings is 3. The van der Waals surface area contributed by atoms with Gasteiger partial charge in [-0.2, -0.15) is 0 Å². The Morgan fingerprint density at radius 2 is 1.69 bits per heavy atom. The molecule has 2 aliphatic rings. The number of piperazine rings is 1. The molecule has 35 heavy (non-hydrogen) atoms. The lowest BCUT2D eigenvalue weighted by Crippen LogP contribution is -2.49. The Kier molecular flexibility index (Phi) is 6.54. The lowest BCUT2D eigenvalue weighted by molar-refractivity contribution is -0.114. The summed E-state index contributed by atoms with van der Waals surface area (Å²) in [5, 5.41) is 0.581. The van der Waals surface area contributed by atoms with Crippen LogP contribution < -0.4 is 9.80 Å². The molecule has 0 aliphatic carbocycles. The van der Waals surface area contributed by atoms with Crippen molar-refractivity contribution in [2.24, 2.45) is 0 Å². The largest absolute Gasteiger partial charge is 0.366 e. The van der Waals surface area contributed by atoms with E-state index in [0.717, 1.165) is 10.5 Å². The molecule has 2 heterocycles. The van der Waals surface area contributed by atoms with E-state index in [1.807, 2.05) is 35.2 Å². The summed E-state index contributed by atoms with van der Waals surface area (Å²) in [5.74, 6) is -0.495. The first-order chi connectivity index (χ1) is 16.9. The second-order valence-corrected chi connectivity index (χ2v) is 9.90. The van der Waals surface area contributed by atoms with Gasteiger partial charge in [0, 0.05) is 48.7 Å². The number of carbonyl (C=O) groups excluding carboxylic acids is 2. The van der Waals surface area contributed by atoms with Crippen LogP contribution in [0.1, 0.15) is 15.9 Å². The molecule has 2 aliphatic heterocycles. The van der Waals surface area contributed by atoms with Gasteiger partial charge in [0.1, 0.15) is 5.82 Å². The zero-order valence-electron chi connectivity index (χ0n) is 19.1. The van der Waals surface area contributed by atoms with Crippen LogP contribution in [0.5, 0.6) is 0 Å². The SMILES string of the molecule is CN1C(=O)C(=Cc2ccccc2Cl)Sc2ccc(C(=O)N3CCN(c4ccccc4F)CC3)cc21. The molecule has 3 aromatic rings. The molecule has 0 saturated carbocycles. The van der Waals surface area contributed by atoms with E-state index in [2.05, 4.69) is 0 Å². The maximum absolute atomic E-state index is 14.1. The van der Waals surface area contributed by atoms with Gasteiger partial charge in [-0.1, -0.05) is 53.7 Å². The number of para-hydroxylation sites is 1. The van der Waals surface area contributed by atoms with Crippen LogP contribution in [0, 0.1) is 5.82 Å². The van der Waals surface area contributed by atoms with Gasteiger partial charge < -0.3 is 14.7 Å². The second kappa shape index (κ2) is 9.76. The van der Waals surface area contributed by atoms with E-state index < -0.39 is 0 Å². The van der Waals surface area contributed by atoms with Crippen molar-refractivity contribution in [3.8, 4) is 0 Å². The number of halogens is 2. The third-order valence-electron chi connectivity index (χ3n) is 6.25. The highest BCUT2D eigenvalue weighted by Crippen LogP contribution is 2.42. The standard InChI is InChI=1S/C27H23ClFN3O2S/c1-30-23-16-19(26(33)32-14-12-31(13-15-32)22-9-5-4-8-21(22)29)10-11-24(23)35-25(27(30)34)17-18-6-2-3-7-20(18)28/h2-11,16-17H,12-15H2,1H3. The minimum Gasteiger partial charge on any atom is -0.366 e. The van der Waals surface area contributed by atoms with Gasteiger partial charge in [-0.05, 0) is 48.0 Å². The van der Waals surface area contributed by atoms with Crippen LogP contribution in [0.3, 0.4) is 0 Å². The van der Waals surface area contributed by atoms with Crippen molar-refractivity contribution in [1.82, 2.24) is 4.90 Å². The first kappa shape index (κ1) is 23.5. The molecule has 0 atom stereocenters. The van der Waals surface area contributed by atoms with Crippen molar-refractivity contribution in [2.45, 2.75) is 4.90 Å². The fraction of sp³-hybridized carbons (Fsp3) is 0.185. The van der Waals surface area contributed by atoms with Gasteiger partial charge >= 0.3 is 0 Å². The summed E-state index contributed by atoms with van der Waals surface area (Å²) < 4.78 is 14.1. The number of rotatable bonds is 3. The fourth-order valence-corrected chi connectivity index (χ4v) is 5.58. The summed E-state index contributed by atoms with van der Waals surface area (Å²) in [5.41, 5.74) is 2.57. The topological polar surface area (TPSA) is 43.9 Å². The normalized spacial score (nSPS) is 17.1. The Hall–Kier alpha value is -3.29. The minimum atomic E-state index is -0.255. The number of thioether (sulfide) groups is 1. The van der Waals surface area contributed by atoms with Gasteiger partial charge in [0.2, 0.25) is 0 Å². The lowest BCUT2D eigenvalue weighted by atomic mass is 10.1. The van der Waals surface area contributed by atoms with Crippen molar-refractivity contribution in [3.05, 3.63) is 93.6 Å². The molecule has 0 spiro atoms. The summed E-state index contributed by atoms with van der Waals surface area (Å²) in [6.07, 6.45) is 1.79. The van der Waals surface area contributed by atoms with Gasteiger partial charge in [0.05, 0.1) is 16.3 Å². The van der Waals surface area contributed by atoms with Crippen LogP contribution in [-0.2, 0) is 4.79 Å². The molecule has 5 rings (SSSR count). The van der Waals surface area contributed by atoms with Crippen LogP contribution in [-0.4, -0.2) is 49.9 Å². The van der Waals surface area contributed by atoms with Crippen molar-refractivity contribution in [3.63, 3.8) is 0 Å². The van der Waals surface area contributed by atoms with E-state index in [4.69, 9.17) is 11.6 Å². The van der Waals surface area contributed by atoms with Crippen LogP contribution in [0.25, 0.3) is 6.08 Å². The third kappa shape index (κ3) is 4.66. The first-order valence-corrected chi connectivity index (χ1v) is 12.5.